The number of amides is 2. The Morgan fingerprint density at radius 2 is 1.63 bits per heavy atom. The Morgan fingerprint density at radius 1 is 0.947 bits per heavy atom. The van der Waals surface area contributed by atoms with Crippen molar-refractivity contribution in [2.75, 3.05) is 23.9 Å². The highest BCUT2D eigenvalue weighted by Crippen LogP contribution is 2.26. The zero-order chi connectivity index (χ0) is 27.7. The van der Waals surface area contributed by atoms with Gasteiger partial charge in [0.2, 0.25) is 11.8 Å². The zero-order valence-corrected chi connectivity index (χ0v) is 23.5. The molecule has 0 aromatic heterocycles. The van der Waals surface area contributed by atoms with Gasteiger partial charge in [-0.3, -0.25) is 13.9 Å². The zero-order valence-electron chi connectivity index (χ0n) is 21.9. The summed E-state index contributed by atoms with van der Waals surface area (Å²) in [5.74, 6) is -0.725. The normalized spacial score (nSPS) is 12.0. The van der Waals surface area contributed by atoms with Gasteiger partial charge in [-0.2, -0.15) is 0 Å². The first-order valence-electron chi connectivity index (χ1n) is 12.6. The highest BCUT2D eigenvalue weighted by Gasteiger charge is 2.33. The number of sulfonamides is 1. The van der Waals surface area contributed by atoms with Crippen LogP contribution in [0.2, 0.25) is 5.02 Å². The lowest BCUT2D eigenvalue weighted by Gasteiger charge is -2.33. The lowest BCUT2D eigenvalue weighted by molar-refractivity contribution is -0.139. The van der Waals surface area contributed by atoms with Gasteiger partial charge in [0.05, 0.1) is 10.6 Å². The fourth-order valence-corrected chi connectivity index (χ4v) is 5.77. The predicted molar refractivity (Wildman–Crippen MR) is 152 cm³/mol. The number of aryl methyl sites for hydroxylation is 1. The number of hydrogen-bond acceptors (Lipinski definition) is 4. The van der Waals surface area contributed by atoms with E-state index in [1.807, 2.05) is 57.2 Å². The summed E-state index contributed by atoms with van der Waals surface area (Å²) in [6, 6.07) is 21.7. The van der Waals surface area contributed by atoms with Crippen molar-refractivity contribution < 1.29 is 18.0 Å². The van der Waals surface area contributed by atoms with Crippen LogP contribution in [0.5, 0.6) is 0 Å². The second kappa shape index (κ2) is 13.4. The smallest absolute Gasteiger partial charge is 0.264 e. The fraction of sp³-hybridized carbons (Fsp3) is 0.310. The van der Waals surface area contributed by atoms with Crippen LogP contribution in [0.25, 0.3) is 0 Å². The van der Waals surface area contributed by atoms with Crippen LogP contribution in [-0.2, 0) is 26.0 Å². The van der Waals surface area contributed by atoms with Gasteiger partial charge in [0.1, 0.15) is 12.6 Å². The van der Waals surface area contributed by atoms with E-state index in [4.69, 9.17) is 11.6 Å². The fourth-order valence-electron chi connectivity index (χ4n) is 4.23. The molecule has 0 aliphatic rings. The van der Waals surface area contributed by atoms with E-state index in [1.54, 1.807) is 18.2 Å². The number of carbonyl (C=O) groups excluding carboxylic acids is 2. The third-order valence-electron chi connectivity index (χ3n) is 6.19. The summed E-state index contributed by atoms with van der Waals surface area (Å²) in [6.07, 6.45) is 0.914. The van der Waals surface area contributed by atoms with Gasteiger partial charge in [-0.25, -0.2) is 8.42 Å². The second-order valence-electron chi connectivity index (χ2n) is 8.95. The lowest BCUT2D eigenvalue weighted by Crippen LogP contribution is -2.53. The van der Waals surface area contributed by atoms with Crippen molar-refractivity contribution in [2.45, 2.75) is 44.6 Å². The molecule has 38 heavy (non-hydrogen) atoms. The van der Waals surface area contributed by atoms with Crippen molar-refractivity contribution in [3.05, 3.63) is 95.0 Å². The van der Waals surface area contributed by atoms with Crippen LogP contribution in [0.15, 0.2) is 83.8 Å². The molecular formula is C29H34ClN3O4S. The van der Waals surface area contributed by atoms with Gasteiger partial charge in [-0.15, -0.1) is 0 Å². The number of likely N-dealkylation sites (N-methyl/N-ethyl adjacent to an activating group) is 1. The maximum atomic E-state index is 13.9. The van der Waals surface area contributed by atoms with Crippen molar-refractivity contribution in [3.63, 3.8) is 0 Å². The first kappa shape index (κ1) is 29.2. The first-order chi connectivity index (χ1) is 18.2. The molecule has 0 saturated heterocycles. The Bertz CT molecular complexity index is 1330. The van der Waals surface area contributed by atoms with E-state index in [9.17, 15) is 18.0 Å². The maximum absolute atomic E-state index is 13.9. The molecule has 0 bridgehead atoms. The molecule has 3 aromatic rings. The van der Waals surface area contributed by atoms with Crippen LogP contribution >= 0.6 is 11.6 Å². The number of benzene rings is 3. The number of hydrogen-bond donors (Lipinski definition) is 1. The molecule has 0 aliphatic heterocycles. The van der Waals surface area contributed by atoms with Crippen LogP contribution in [0, 0.1) is 6.92 Å². The van der Waals surface area contributed by atoms with E-state index in [-0.39, 0.29) is 17.3 Å². The van der Waals surface area contributed by atoms with Crippen LogP contribution in [-0.4, -0.2) is 50.8 Å². The second-order valence-corrected chi connectivity index (χ2v) is 11.2. The Kier molecular flexibility index (Phi) is 10.3. The van der Waals surface area contributed by atoms with E-state index >= 15 is 0 Å². The minimum atomic E-state index is -4.12. The highest BCUT2D eigenvalue weighted by atomic mass is 35.5. The van der Waals surface area contributed by atoms with Gasteiger partial charge in [0, 0.05) is 18.1 Å². The van der Waals surface area contributed by atoms with E-state index in [1.165, 1.54) is 29.2 Å². The van der Waals surface area contributed by atoms with Crippen LogP contribution in [0.1, 0.15) is 31.4 Å². The van der Waals surface area contributed by atoms with Crippen molar-refractivity contribution >= 4 is 39.1 Å². The minimum Gasteiger partial charge on any atom is -0.355 e. The Morgan fingerprint density at radius 3 is 2.24 bits per heavy atom. The quantitative estimate of drug-likeness (QED) is 0.347. The topological polar surface area (TPSA) is 86.8 Å². The van der Waals surface area contributed by atoms with Gasteiger partial charge >= 0.3 is 0 Å². The Balaban J connectivity index is 2.00. The van der Waals surface area contributed by atoms with Gasteiger partial charge in [-0.05, 0) is 74.2 Å². The first-order valence-corrected chi connectivity index (χ1v) is 14.4. The molecule has 0 spiro atoms. The third kappa shape index (κ3) is 7.36. The summed E-state index contributed by atoms with van der Waals surface area (Å²) in [4.78, 5) is 28.3. The van der Waals surface area contributed by atoms with Gasteiger partial charge in [0.25, 0.3) is 10.0 Å². The monoisotopic (exact) mass is 555 g/mol. The van der Waals surface area contributed by atoms with Crippen LogP contribution < -0.4 is 9.62 Å². The molecule has 3 aromatic carbocycles. The minimum absolute atomic E-state index is 0.0165. The van der Waals surface area contributed by atoms with Crippen LogP contribution in [0.4, 0.5) is 5.69 Å². The van der Waals surface area contributed by atoms with Gasteiger partial charge in [0.15, 0.2) is 0 Å². The van der Waals surface area contributed by atoms with E-state index in [0.29, 0.717) is 30.1 Å². The van der Waals surface area contributed by atoms with Crippen LogP contribution in [0.3, 0.4) is 0 Å². The predicted octanol–water partition coefficient (Wildman–Crippen LogP) is 4.83. The molecular weight excluding hydrogens is 522 g/mol. The van der Waals surface area contributed by atoms with Crippen molar-refractivity contribution in [3.8, 4) is 0 Å². The Hall–Kier alpha value is -3.36. The summed E-state index contributed by atoms with van der Waals surface area (Å²) in [5.41, 5.74) is 2.23. The molecule has 1 N–H and O–H groups in total. The summed E-state index contributed by atoms with van der Waals surface area (Å²) < 4.78 is 28.7. The largest absolute Gasteiger partial charge is 0.355 e. The average molecular weight is 556 g/mol. The van der Waals surface area contributed by atoms with E-state index < -0.39 is 28.5 Å². The summed E-state index contributed by atoms with van der Waals surface area (Å²) in [6.45, 7) is 5.74. The number of nitrogens with one attached hydrogen (secondary N) is 1. The molecule has 0 heterocycles. The number of anilines is 1. The number of halogens is 1. The molecule has 0 unspecified atom stereocenters. The molecule has 1 atom stereocenters. The molecule has 7 nitrogen and oxygen atoms in total. The summed E-state index contributed by atoms with van der Waals surface area (Å²) >= 11 is 5.99. The maximum Gasteiger partial charge on any atom is 0.264 e. The number of carbonyl (C=O) groups is 2. The Labute approximate surface area is 230 Å². The molecule has 2 amide bonds. The molecule has 0 saturated carbocycles. The molecule has 0 aliphatic carbocycles. The third-order valence-corrected chi connectivity index (χ3v) is 8.23. The highest BCUT2D eigenvalue weighted by molar-refractivity contribution is 7.92. The van der Waals surface area contributed by atoms with E-state index in [0.717, 1.165) is 15.4 Å². The number of nitrogens with zero attached hydrogens (tertiary/aromatic N) is 2. The number of rotatable bonds is 12. The summed E-state index contributed by atoms with van der Waals surface area (Å²) in [7, 11) is -4.12. The van der Waals surface area contributed by atoms with Crippen molar-refractivity contribution in [1.82, 2.24) is 10.2 Å². The SMILES string of the molecule is CCNC(=O)[C@H](CC)N(CCc1ccccc1)C(=O)CN(c1cccc(C)c1)S(=O)(=O)c1ccc(Cl)cc1. The van der Waals surface area contributed by atoms with Crippen molar-refractivity contribution in [1.29, 1.82) is 0 Å². The van der Waals surface area contributed by atoms with Gasteiger partial charge < -0.3 is 10.2 Å². The average Bonchev–Trinajstić information content (AvgIpc) is 2.90. The molecule has 0 radical (unpaired) electrons. The lowest BCUT2D eigenvalue weighted by atomic mass is 10.1. The van der Waals surface area contributed by atoms with Crippen molar-refractivity contribution in [2.24, 2.45) is 0 Å². The van der Waals surface area contributed by atoms with Gasteiger partial charge in [-0.1, -0.05) is 61.0 Å². The molecule has 0 fully saturated rings. The molecule has 3 rings (SSSR count). The molecule has 9 heteroatoms. The summed E-state index contributed by atoms with van der Waals surface area (Å²) in [5, 5.41) is 3.21. The standard InChI is InChI=1S/C29H34ClN3O4S/c1-4-27(29(35)31-5-2)32(19-18-23-11-7-6-8-12-23)28(34)21-33(25-13-9-10-22(3)20-25)38(36,37)26-16-14-24(30)15-17-26/h6-17,20,27H,4-5,18-19,21H2,1-3H3,(H,31,35)/t27-/m0/s1. The molecule has 202 valence electrons. The van der Waals surface area contributed by atoms with E-state index in [2.05, 4.69) is 5.32 Å².